The van der Waals surface area contributed by atoms with Gasteiger partial charge < -0.3 is 15.2 Å². The molecule has 1 aliphatic carbocycles. The van der Waals surface area contributed by atoms with Crippen molar-refractivity contribution in [1.82, 2.24) is 5.32 Å². The highest BCUT2D eigenvalue weighted by Gasteiger charge is 2.29. The van der Waals surface area contributed by atoms with Crippen LogP contribution in [0.5, 0.6) is 0 Å². The summed E-state index contributed by atoms with van der Waals surface area (Å²) >= 11 is 0. The fourth-order valence-electron chi connectivity index (χ4n) is 4.85. The molecule has 1 unspecified atom stereocenters. The standard InChI is InChI=1S/C29H25NO4/c31-28(32)27(17-16-20-10-7-9-19-8-1-2-11-21(19)20)30-29(33)34-18-26-24-14-5-3-12-22(24)23-13-4-6-15-25(23)26/h1-15,26-27H,16-18H2,(H,30,33)(H,31,32). The number of aliphatic carboxylic acids is 1. The van der Waals surface area contributed by atoms with Crippen LogP contribution in [0.1, 0.15) is 29.0 Å². The summed E-state index contributed by atoms with van der Waals surface area (Å²) in [5.74, 6) is -1.15. The molecule has 5 heteroatoms. The summed E-state index contributed by atoms with van der Waals surface area (Å²) in [6.07, 6.45) is 0.0855. The number of alkyl carbamates (subject to hydrolysis) is 1. The van der Waals surface area contributed by atoms with Gasteiger partial charge in [-0.1, -0.05) is 91.0 Å². The Morgan fingerprint density at radius 1 is 0.824 bits per heavy atom. The van der Waals surface area contributed by atoms with Gasteiger partial charge in [-0.2, -0.15) is 0 Å². The van der Waals surface area contributed by atoms with Crippen LogP contribution in [0, 0.1) is 0 Å². The highest BCUT2D eigenvalue weighted by atomic mass is 16.5. The molecule has 5 rings (SSSR count). The largest absolute Gasteiger partial charge is 0.480 e. The third-order valence-corrected chi connectivity index (χ3v) is 6.52. The Morgan fingerprint density at radius 3 is 2.15 bits per heavy atom. The van der Waals surface area contributed by atoms with Crippen molar-refractivity contribution in [2.75, 3.05) is 6.61 Å². The van der Waals surface area contributed by atoms with Crippen molar-refractivity contribution >= 4 is 22.8 Å². The quantitative estimate of drug-likeness (QED) is 0.374. The normalized spacial score (nSPS) is 13.2. The molecule has 0 heterocycles. The van der Waals surface area contributed by atoms with Gasteiger partial charge in [-0.05, 0) is 51.4 Å². The van der Waals surface area contributed by atoms with E-state index in [2.05, 4.69) is 17.4 Å². The molecule has 1 aliphatic rings. The molecule has 5 nitrogen and oxygen atoms in total. The average Bonchev–Trinajstić information content (AvgIpc) is 3.19. The van der Waals surface area contributed by atoms with Crippen molar-refractivity contribution in [3.05, 3.63) is 108 Å². The molecule has 0 bridgehead atoms. The second-order valence-electron chi connectivity index (χ2n) is 8.54. The van der Waals surface area contributed by atoms with E-state index >= 15 is 0 Å². The zero-order chi connectivity index (χ0) is 23.5. The molecule has 0 aliphatic heterocycles. The summed E-state index contributed by atoms with van der Waals surface area (Å²) in [5, 5.41) is 14.4. The molecule has 1 atom stereocenters. The number of carbonyl (C=O) groups is 2. The van der Waals surface area contributed by atoms with Gasteiger partial charge in [0.1, 0.15) is 12.6 Å². The number of carbonyl (C=O) groups excluding carboxylic acids is 1. The van der Waals surface area contributed by atoms with Gasteiger partial charge in [0.2, 0.25) is 0 Å². The van der Waals surface area contributed by atoms with Gasteiger partial charge in [-0.3, -0.25) is 0 Å². The predicted octanol–water partition coefficient (Wildman–Crippen LogP) is 5.76. The van der Waals surface area contributed by atoms with Crippen LogP contribution < -0.4 is 5.32 Å². The van der Waals surface area contributed by atoms with Crippen molar-refractivity contribution in [3.8, 4) is 11.1 Å². The monoisotopic (exact) mass is 451 g/mol. The molecule has 1 amide bonds. The summed E-state index contributed by atoms with van der Waals surface area (Å²) in [6, 6.07) is 29.1. The van der Waals surface area contributed by atoms with Crippen LogP contribution in [0.3, 0.4) is 0 Å². The van der Waals surface area contributed by atoms with Crippen LogP contribution >= 0.6 is 0 Å². The number of amides is 1. The summed E-state index contributed by atoms with van der Waals surface area (Å²) in [5.41, 5.74) is 5.57. The van der Waals surface area contributed by atoms with Gasteiger partial charge in [0.15, 0.2) is 0 Å². The molecule has 170 valence electrons. The number of fused-ring (bicyclic) bond motifs is 4. The van der Waals surface area contributed by atoms with Gasteiger partial charge in [-0.15, -0.1) is 0 Å². The van der Waals surface area contributed by atoms with E-state index in [1.807, 2.05) is 78.9 Å². The fraction of sp³-hybridized carbons (Fsp3) is 0.172. The van der Waals surface area contributed by atoms with Crippen LogP contribution in [0.4, 0.5) is 4.79 Å². The van der Waals surface area contributed by atoms with Crippen molar-refractivity contribution in [2.24, 2.45) is 0 Å². The van der Waals surface area contributed by atoms with Crippen molar-refractivity contribution in [1.29, 1.82) is 0 Å². The van der Waals surface area contributed by atoms with Crippen LogP contribution in [0.15, 0.2) is 91.0 Å². The number of hydrogen-bond acceptors (Lipinski definition) is 3. The van der Waals surface area contributed by atoms with Crippen LogP contribution in [0.2, 0.25) is 0 Å². The lowest BCUT2D eigenvalue weighted by Gasteiger charge is -2.18. The van der Waals surface area contributed by atoms with Gasteiger partial charge in [-0.25, -0.2) is 9.59 Å². The first-order valence-electron chi connectivity index (χ1n) is 11.4. The SMILES string of the molecule is O=C(NC(CCc1cccc2ccccc12)C(=O)O)OCC1c2ccccc2-c2ccccc21. The van der Waals surface area contributed by atoms with E-state index < -0.39 is 18.1 Å². The zero-order valence-electron chi connectivity index (χ0n) is 18.6. The number of carboxylic acid groups (broad SMARTS) is 1. The lowest BCUT2D eigenvalue weighted by molar-refractivity contribution is -0.139. The molecule has 0 saturated carbocycles. The minimum Gasteiger partial charge on any atom is -0.480 e. The Kier molecular flexibility index (Phi) is 6.00. The van der Waals surface area contributed by atoms with E-state index in [-0.39, 0.29) is 18.9 Å². The number of rotatable bonds is 7. The highest BCUT2D eigenvalue weighted by molar-refractivity contribution is 5.86. The summed E-state index contributed by atoms with van der Waals surface area (Å²) in [4.78, 5) is 24.4. The molecule has 0 saturated heterocycles. The Balaban J connectivity index is 1.24. The zero-order valence-corrected chi connectivity index (χ0v) is 18.6. The van der Waals surface area contributed by atoms with E-state index in [0.29, 0.717) is 6.42 Å². The molecule has 34 heavy (non-hydrogen) atoms. The van der Waals surface area contributed by atoms with E-state index in [0.717, 1.165) is 38.6 Å². The summed E-state index contributed by atoms with van der Waals surface area (Å²) in [6.45, 7) is 0.148. The van der Waals surface area contributed by atoms with Crippen LogP contribution in [-0.4, -0.2) is 29.8 Å². The third kappa shape index (κ3) is 4.25. The minimum atomic E-state index is -1.08. The van der Waals surface area contributed by atoms with Crippen LogP contribution in [0.25, 0.3) is 21.9 Å². The van der Waals surface area contributed by atoms with Crippen molar-refractivity contribution in [2.45, 2.75) is 24.8 Å². The van der Waals surface area contributed by atoms with Gasteiger partial charge >= 0.3 is 12.1 Å². The van der Waals surface area contributed by atoms with E-state index in [4.69, 9.17) is 4.74 Å². The molecule has 0 fully saturated rings. The maximum Gasteiger partial charge on any atom is 0.407 e. The molecular formula is C29H25NO4. The Morgan fingerprint density at radius 2 is 1.44 bits per heavy atom. The fourth-order valence-corrected chi connectivity index (χ4v) is 4.85. The first kappa shape index (κ1) is 21.7. The van der Waals surface area contributed by atoms with Gasteiger partial charge in [0.25, 0.3) is 0 Å². The number of ether oxygens (including phenoxy) is 1. The number of aryl methyl sites for hydroxylation is 1. The first-order valence-corrected chi connectivity index (χ1v) is 11.4. The third-order valence-electron chi connectivity index (χ3n) is 6.52. The molecule has 2 N–H and O–H groups in total. The lowest BCUT2D eigenvalue weighted by Crippen LogP contribution is -2.41. The second kappa shape index (κ2) is 9.40. The van der Waals surface area contributed by atoms with Gasteiger partial charge in [0.05, 0.1) is 0 Å². The van der Waals surface area contributed by atoms with Crippen molar-refractivity contribution in [3.63, 3.8) is 0 Å². The molecule has 4 aromatic rings. The summed E-state index contributed by atoms with van der Waals surface area (Å²) < 4.78 is 5.53. The number of hydrogen-bond donors (Lipinski definition) is 2. The van der Waals surface area contributed by atoms with E-state index in [1.165, 1.54) is 0 Å². The smallest absolute Gasteiger partial charge is 0.407 e. The Bertz CT molecular complexity index is 1310. The average molecular weight is 452 g/mol. The number of nitrogens with one attached hydrogen (secondary N) is 1. The molecule has 4 aromatic carbocycles. The molecule has 0 radical (unpaired) electrons. The summed E-state index contributed by atoms with van der Waals surface area (Å²) in [7, 11) is 0. The minimum absolute atomic E-state index is 0.0721. The number of carboxylic acids is 1. The topological polar surface area (TPSA) is 75.6 Å². The lowest BCUT2D eigenvalue weighted by atomic mass is 9.98. The highest BCUT2D eigenvalue weighted by Crippen LogP contribution is 2.44. The maximum absolute atomic E-state index is 12.6. The predicted molar refractivity (Wildman–Crippen MR) is 132 cm³/mol. The molecule has 0 spiro atoms. The Labute approximate surface area is 198 Å². The molecule has 0 aromatic heterocycles. The first-order chi connectivity index (χ1) is 16.6. The van der Waals surface area contributed by atoms with Crippen molar-refractivity contribution < 1.29 is 19.4 Å². The second-order valence-corrected chi connectivity index (χ2v) is 8.54. The molecular weight excluding hydrogens is 426 g/mol. The maximum atomic E-state index is 12.6. The van der Waals surface area contributed by atoms with E-state index in [9.17, 15) is 14.7 Å². The van der Waals surface area contributed by atoms with Gasteiger partial charge in [0, 0.05) is 5.92 Å². The van der Waals surface area contributed by atoms with Crippen LogP contribution in [-0.2, 0) is 16.0 Å². The Hall–Kier alpha value is -4.12. The number of benzene rings is 4. The van der Waals surface area contributed by atoms with E-state index in [1.54, 1.807) is 0 Å².